The maximum atomic E-state index is 3.58. The Labute approximate surface area is 115 Å². The third kappa shape index (κ3) is 9.86. The van der Waals surface area contributed by atoms with Crippen LogP contribution in [0, 0.1) is 0 Å². The van der Waals surface area contributed by atoms with Crippen molar-refractivity contribution in [2.24, 2.45) is 0 Å². The average Bonchev–Trinajstić information content (AvgIpc) is 2.33. The first-order chi connectivity index (χ1) is 8.61. The SMILES string of the molecule is CCCCCNCC(C)N(CC)CCCN(C)C. The van der Waals surface area contributed by atoms with Gasteiger partial charge in [0.2, 0.25) is 0 Å². The molecule has 0 fully saturated rings. The van der Waals surface area contributed by atoms with Gasteiger partial charge in [0, 0.05) is 12.6 Å². The van der Waals surface area contributed by atoms with Crippen molar-refractivity contribution >= 4 is 0 Å². The molecule has 1 N–H and O–H groups in total. The third-order valence-electron chi connectivity index (χ3n) is 3.48. The van der Waals surface area contributed by atoms with Gasteiger partial charge in [-0.1, -0.05) is 26.7 Å². The maximum Gasteiger partial charge on any atom is 0.0192 e. The second-order valence-electron chi connectivity index (χ2n) is 5.55. The molecule has 110 valence electrons. The molecule has 1 atom stereocenters. The highest BCUT2D eigenvalue weighted by Gasteiger charge is 2.10. The largest absolute Gasteiger partial charge is 0.315 e. The molecule has 0 aromatic carbocycles. The van der Waals surface area contributed by atoms with Crippen molar-refractivity contribution in [1.29, 1.82) is 0 Å². The van der Waals surface area contributed by atoms with Gasteiger partial charge < -0.3 is 10.2 Å². The summed E-state index contributed by atoms with van der Waals surface area (Å²) in [6, 6.07) is 0.652. The molecule has 0 bridgehead atoms. The molecular formula is C15H35N3. The fourth-order valence-electron chi connectivity index (χ4n) is 2.22. The molecule has 3 heteroatoms. The molecule has 0 aliphatic heterocycles. The summed E-state index contributed by atoms with van der Waals surface area (Å²) in [7, 11) is 4.30. The zero-order chi connectivity index (χ0) is 13.8. The molecule has 0 amide bonds. The zero-order valence-electron chi connectivity index (χ0n) is 13.3. The minimum Gasteiger partial charge on any atom is -0.315 e. The lowest BCUT2D eigenvalue weighted by Crippen LogP contribution is -2.41. The summed E-state index contributed by atoms with van der Waals surface area (Å²) in [5.41, 5.74) is 0. The number of rotatable bonds is 12. The Morgan fingerprint density at radius 2 is 1.72 bits per heavy atom. The van der Waals surface area contributed by atoms with Crippen LogP contribution in [-0.2, 0) is 0 Å². The van der Waals surface area contributed by atoms with Crippen LogP contribution in [0.3, 0.4) is 0 Å². The monoisotopic (exact) mass is 257 g/mol. The first kappa shape index (κ1) is 17.9. The Morgan fingerprint density at radius 3 is 2.28 bits per heavy atom. The Kier molecular flexibility index (Phi) is 11.9. The lowest BCUT2D eigenvalue weighted by Gasteiger charge is -2.28. The van der Waals surface area contributed by atoms with E-state index >= 15 is 0 Å². The molecule has 0 aromatic heterocycles. The summed E-state index contributed by atoms with van der Waals surface area (Å²) in [6.07, 6.45) is 5.24. The molecule has 0 saturated carbocycles. The van der Waals surface area contributed by atoms with Crippen molar-refractivity contribution < 1.29 is 0 Å². The van der Waals surface area contributed by atoms with Crippen LogP contribution in [-0.4, -0.2) is 62.7 Å². The zero-order valence-corrected chi connectivity index (χ0v) is 13.3. The first-order valence-corrected chi connectivity index (χ1v) is 7.71. The Morgan fingerprint density at radius 1 is 1.00 bits per heavy atom. The smallest absolute Gasteiger partial charge is 0.0192 e. The Bertz CT molecular complexity index is 171. The molecule has 0 aromatic rings. The normalized spacial score (nSPS) is 13.5. The van der Waals surface area contributed by atoms with Crippen LogP contribution >= 0.6 is 0 Å². The highest BCUT2D eigenvalue weighted by atomic mass is 15.2. The van der Waals surface area contributed by atoms with Gasteiger partial charge in [0.05, 0.1) is 0 Å². The van der Waals surface area contributed by atoms with Gasteiger partial charge in [-0.25, -0.2) is 0 Å². The van der Waals surface area contributed by atoms with E-state index in [1.54, 1.807) is 0 Å². The molecule has 3 nitrogen and oxygen atoms in total. The number of hydrogen-bond donors (Lipinski definition) is 1. The van der Waals surface area contributed by atoms with E-state index in [1.807, 2.05) is 0 Å². The molecule has 0 saturated heterocycles. The van der Waals surface area contributed by atoms with Crippen LogP contribution in [0.2, 0.25) is 0 Å². The highest BCUT2D eigenvalue weighted by molar-refractivity contribution is 4.69. The molecule has 0 rings (SSSR count). The number of hydrogen-bond acceptors (Lipinski definition) is 3. The van der Waals surface area contributed by atoms with Crippen LogP contribution < -0.4 is 5.32 Å². The van der Waals surface area contributed by atoms with E-state index < -0.39 is 0 Å². The predicted molar refractivity (Wildman–Crippen MR) is 82.3 cm³/mol. The van der Waals surface area contributed by atoms with Crippen LogP contribution in [0.15, 0.2) is 0 Å². The molecule has 0 spiro atoms. The number of likely N-dealkylation sites (N-methyl/N-ethyl adjacent to an activating group) is 1. The molecule has 1 unspecified atom stereocenters. The summed E-state index contributed by atoms with van der Waals surface area (Å²) in [5, 5.41) is 3.58. The lowest BCUT2D eigenvalue weighted by molar-refractivity contribution is 0.204. The van der Waals surface area contributed by atoms with Crippen molar-refractivity contribution in [3.05, 3.63) is 0 Å². The van der Waals surface area contributed by atoms with E-state index in [2.05, 4.69) is 50.0 Å². The Hall–Kier alpha value is -0.120. The van der Waals surface area contributed by atoms with Gasteiger partial charge in [-0.2, -0.15) is 0 Å². The highest BCUT2D eigenvalue weighted by Crippen LogP contribution is 2.00. The summed E-state index contributed by atoms with van der Waals surface area (Å²) >= 11 is 0. The van der Waals surface area contributed by atoms with Gasteiger partial charge in [-0.15, -0.1) is 0 Å². The average molecular weight is 257 g/mol. The molecule has 0 heterocycles. The van der Waals surface area contributed by atoms with Crippen molar-refractivity contribution in [2.75, 3.05) is 46.8 Å². The lowest BCUT2D eigenvalue weighted by atomic mass is 10.2. The molecule has 0 aliphatic rings. The van der Waals surface area contributed by atoms with Crippen molar-refractivity contribution in [3.63, 3.8) is 0 Å². The van der Waals surface area contributed by atoms with Crippen molar-refractivity contribution in [2.45, 2.75) is 52.5 Å². The van der Waals surface area contributed by atoms with E-state index in [1.165, 1.54) is 45.3 Å². The second kappa shape index (κ2) is 11.9. The predicted octanol–water partition coefficient (Wildman–Crippen LogP) is 2.43. The van der Waals surface area contributed by atoms with Crippen LogP contribution in [0.4, 0.5) is 0 Å². The number of nitrogens with one attached hydrogen (secondary N) is 1. The number of unbranched alkanes of at least 4 members (excludes halogenated alkanes) is 2. The van der Waals surface area contributed by atoms with E-state index in [-0.39, 0.29) is 0 Å². The molecular weight excluding hydrogens is 222 g/mol. The van der Waals surface area contributed by atoms with Crippen LogP contribution in [0.1, 0.15) is 46.5 Å². The number of nitrogens with zero attached hydrogens (tertiary/aromatic N) is 2. The van der Waals surface area contributed by atoms with E-state index in [0.29, 0.717) is 6.04 Å². The van der Waals surface area contributed by atoms with Gasteiger partial charge in [-0.3, -0.25) is 4.90 Å². The molecule has 18 heavy (non-hydrogen) atoms. The summed E-state index contributed by atoms with van der Waals surface area (Å²) in [4.78, 5) is 4.85. The maximum absolute atomic E-state index is 3.58. The van der Waals surface area contributed by atoms with Crippen LogP contribution in [0.25, 0.3) is 0 Å². The quantitative estimate of drug-likeness (QED) is 0.542. The van der Waals surface area contributed by atoms with E-state index in [0.717, 1.165) is 13.1 Å². The van der Waals surface area contributed by atoms with Crippen molar-refractivity contribution in [3.8, 4) is 0 Å². The van der Waals surface area contributed by atoms with E-state index in [4.69, 9.17) is 0 Å². The summed E-state index contributed by atoms with van der Waals surface area (Å²) in [6.45, 7) is 12.7. The fourth-order valence-corrected chi connectivity index (χ4v) is 2.22. The Balaban J connectivity index is 3.64. The second-order valence-corrected chi connectivity index (χ2v) is 5.55. The van der Waals surface area contributed by atoms with Crippen molar-refractivity contribution in [1.82, 2.24) is 15.1 Å². The van der Waals surface area contributed by atoms with Gasteiger partial charge >= 0.3 is 0 Å². The summed E-state index contributed by atoms with van der Waals surface area (Å²) in [5.74, 6) is 0. The van der Waals surface area contributed by atoms with Crippen LogP contribution in [0.5, 0.6) is 0 Å². The molecule has 0 aliphatic carbocycles. The van der Waals surface area contributed by atoms with Gasteiger partial charge in [-0.05, 0) is 60.0 Å². The first-order valence-electron chi connectivity index (χ1n) is 7.71. The van der Waals surface area contributed by atoms with Gasteiger partial charge in [0.1, 0.15) is 0 Å². The minimum atomic E-state index is 0.652. The topological polar surface area (TPSA) is 18.5 Å². The standard InChI is InChI=1S/C15H35N3/c1-6-8-9-11-16-14-15(3)18(7-2)13-10-12-17(4)5/h15-16H,6-14H2,1-5H3. The van der Waals surface area contributed by atoms with Gasteiger partial charge in [0.15, 0.2) is 0 Å². The minimum absolute atomic E-state index is 0.652. The van der Waals surface area contributed by atoms with Gasteiger partial charge in [0.25, 0.3) is 0 Å². The third-order valence-corrected chi connectivity index (χ3v) is 3.48. The summed E-state index contributed by atoms with van der Waals surface area (Å²) < 4.78 is 0. The fraction of sp³-hybridized carbons (Fsp3) is 1.00. The molecule has 0 radical (unpaired) electrons. The van der Waals surface area contributed by atoms with E-state index in [9.17, 15) is 0 Å².